The van der Waals surface area contributed by atoms with Crippen molar-refractivity contribution in [3.8, 4) is 11.1 Å². The molecule has 0 saturated carbocycles. The summed E-state index contributed by atoms with van der Waals surface area (Å²) in [7, 11) is -3.77. The molecule has 0 N–H and O–H groups in total. The molecule has 0 aliphatic rings. The Morgan fingerprint density at radius 3 is 1.97 bits per heavy atom. The molecule has 0 aromatic heterocycles. The number of hydrogen-bond donors (Lipinski definition) is 0. The third-order valence-electron chi connectivity index (χ3n) is 4.34. The summed E-state index contributed by atoms with van der Waals surface area (Å²) in [5, 5.41) is 12.1. The topological polar surface area (TPSA) is 74.3 Å². The van der Waals surface area contributed by atoms with Crippen LogP contribution in [0.5, 0.6) is 0 Å². The van der Waals surface area contributed by atoms with Gasteiger partial charge >= 0.3 is 29.6 Å². The van der Waals surface area contributed by atoms with Crippen LogP contribution in [0, 0.1) is 5.92 Å². The quantitative estimate of drug-likeness (QED) is 0.363. The fraction of sp³-hybridized carbons (Fsp3) is 0.136. The Morgan fingerprint density at radius 1 is 0.900 bits per heavy atom. The van der Waals surface area contributed by atoms with Crippen LogP contribution in [-0.2, 0) is 14.6 Å². The van der Waals surface area contributed by atoms with Gasteiger partial charge in [0.05, 0.1) is 10.6 Å². The van der Waals surface area contributed by atoms with Crippen LogP contribution in [0.4, 0.5) is 0 Å². The van der Waals surface area contributed by atoms with Crippen molar-refractivity contribution in [2.75, 3.05) is 11.5 Å². The second-order valence-electron chi connectivity index (χ2n) is 6.45. The van der Waals surface area contributed by atoms with E-state index < -0.39 is 27.5 Å². The first kappa shape index (κ1) is 25.0. The molecule has 0 bridgehead atoms. The van der Waals surface area contributed by atoms with Crippen molar-refractivity contribution < 1.29 is 47.9 Å². The third-order valence-corrected chi connectivity index (χ3v) is 7.60. The van der Waals surface area contributed by atoms with Gasteiger partial charge in [0.15, 0.2) is 9.84 Å². The fourth-order valence-electron chi connectivity index (χ4n) is 2.76. The van der Waals surface area contributed by atoms with Crippen molar-refractivity contribution in [2.45, 2.75) is 9.79 Å². The third kappa shape index (κ3) is 6.87. The van der Waals surface area contributed by atoms with Gasteiger partial charge in [-0.3, -0.25) is 0 Å². The number of rotatable bonds is 8. The number of benzene rings is 3. The van der Waals surface area contributed by atoms with Crippen molar-refractivity contribution in [3.05, 3.63) is 83.9 Å². The molecule has 1 atom stereocenters. The number of thioether (sulfide) groups is 1. The van der Waals surface area contributed by atoms with Gasteiger partial charge in [-0.25, -0.2) is 8.42 Å². The molecule has 0 aliphatic carbocycles. The van der Waals surface area contributed by atoms with Gasteiger partial charge in [-0.1, -0.05) is 54.1 Å². The maximum Gasteiger partial charge on any atom is 1.00 e. The maximum absolute atomic E-state index is 12.7. The van der Waals surface area contributed by atoms with E-state index in [1.807, 2.05) is 42.5 Å². The van der Waals surface area contributed by atoms with Gasteiger partial charge in [-0.2, -0.15) is 0 Å². The Labute approximate surface area is 207 Å². The molecular weight excluding hydrogens is 451 g/mol. The molecule has 1 unspecified atom stereocenters. The second kappa shape index (κ2) is 11.4. The van der Waals surface area contributed by atoms with Gasteiger partial charge < -0.3 is 9.90 Å². The predicted octanol–water partition coefficient (Wildman–Crippen LogP) is 0.943. The van der Waals surface area contributed by atoms with Crippen LogP contribution in [0.15, 0.2) is 88.7 Å². The summed E-state index contributed by atoms with van der Waals surface area (Å²) < 4.78 is 25.5. The minimum Gasteiger partial charge on any atom is -0.550 e. The number of carboxylic acids is 1. The van der Waals surface area contributed by atoms with Gasteiger partial charge in [0.25, 0.3) is 0 Å². The van der Waals surface area contributed by atoms with Crippen LogP contribution in [-0.4, -0.2) is 25.9 Å². The summed E-state index contributed by atoms with van der Waals surface area (Å²) in [4.78, 5) is 12.5. The standard InChI is InChI=1S/C22H19ClO4S2.Na/c23-19-10-6-16(7-11-19)17-8-12-21(13-9-17)29(26,27)15-18(22(24)25)14-28-20-4-2-1-3-5-20;/h1-13,18H,14-15H2,(H,24,25);/q;+1/p-1. The summed E-state index contributed by atoms with van der Waals surface area (Å²) >= 11 is 7.19. The van der Waals surface area contributed by atoms with Gasteiger partial charge in [0.2, 0.25) is 0 Å². The average molecular weight is 469 g/mol. The molecule has 0 radical (unpaired) electrons. The van der Waals surface area contributed by atoms with Crippen LogP contribution in [0.3, 0.4) is 0 Å². The number of hydrogen-bond acceptors (Lipinski definition) is 5. The number of carboxylic acid groups (broad SMARTS) is 1. The van der Waals surface area contributed by atoms with Crippen LogP contribution in [0.1, 0.15) is 0 Å². The van der Waals surface area contributed by atoms with Crippen LogP contribution < -0.4 is 34.7 Å². The first-order valence-electron chi connectivity index (χ1n) is 8.82. The van der Waals surface area contributed by atoms with E-state index in [9.17, 15) is 18.3 Å². The summed E-state index contributed by atoms with van der Waals surface area (Å²) in [5.74, 6) is -2.86. The van der Waals surface area contributed by atoms with Crippen molar-refractivity contribution in [1.82, 2.24) is 0 Å². The fourth-order valence-corrected chi connectivity index (χ4v) is 5.56. The Bertz CT molecular complexity index is 1070. The molecule has 3 aromatic carbocycles. The number of carbonyl (C=O) groups excluding carboxylic acids is 1. The first-order chi connectivity index (χ1) is 13.8. The minimum atomic E-state index is -3.77. The molecular formula is C22H18ClNaO4S2. The Balaban J connectivity index is 0.00000320. The monoisotopic (exact) mass is 468 g/mol. The Hall–Kier alpha value is -1.28. The number of aliphatic carboxylic acids is 1. The zero-order valence-corrected chi connectivity index (χ0v) is 20.7. The maximum atomic E-state index is 12.7. The van der Waals surface area contributed by atoms with E-state index in [1.54, 1.807) is 24.3 Å². The number of halogens is 1. The molecule has 0 aliphatic heterocycles. The molecule has 4 nitrogen and oxygen atoms in total. The summed E-state index contributed by atoms with van der Waals surface area (Å²) in [6.07, 6.45) is 0. The molecule has 150 valence electrons. The van der Waals surface area contributed by atoms with Crippen molar-refractivity contribution in [1.29, 1.82) is 0 Å². The second-order valence-corrected chi connectivity index (χ2v) is 10.0. The van der Waals surface area contributed by atoms with E-state index in [1.165, 1.54) is 23.9 Å². The van der Waals surface area contributed by atoms with Crippen LogP contribution in [0.2, 0.25) is 5.02 Å². The summed E-state index contributed by atoms with van der Waals surface area (Å²) in [5.41, 5.74) is 1.75. The van der Waals surface area contributed by atoms with E-state index in [4.69, 9.17) is 11.6 Å². The Kier molecular flexibility index (Phi) is 9.47. The molecule has 0 fully saturated rings. The van der Waals surface area contributed by atoms with Crippen molar-refractivity contribution in [3.63, 3.8) is 0 Å². The molecule has 8 heteroatoms. The smallest absolute Gasteiger partial charge is 0.550 e. The molecule has 3 rings (SSSR count). The SMILES string of the molecule is O=C([O-])C(CSc1ccccc1)CS(=O)(=O)c1ccc(-c2ccc(Cl)cc2)cc1.[Na+]. The van der Waals surface area contributed by atoms with E-state index in [-0.39, 0.29) is 40.2 Å². The number of carbonyl (C=O) groups is 1. The van der Waals surface area contributed by atoms with Crippen molar-refractivity contribution >= 4 is 39.2 Å². The molecule has 0 saturated heterocycles. The van der Waals surface area contributed by atoms with Gasteiger partial charge in [0.1, 0.15) is 0 Å². The largest absolute Gasteiger partial charge is 1.00 e. The van der Waals surface area contributed by atoms with Gasteiger partial charge in [-0.15, -0.1) is 11.8 Å². The van der Waals surface area contributed by atoms with Crippen molar-refractivity contribution in [2.24, 2.45) is 5.92 Å². The summed E-state index contributed by atoms with van der Waals surface area (Å²) in [6.45, 7) is 0. The number of sulfone groups is 1. The molecule has 0 amide bonds. The molecule has 0 heterocycles. The van der Waals surface area contributed by atoms with E-state index in [0.29, 0.717) is 5.02 Å². The van der Waals surface area contributed by atoms with Gasteiger partial charge in [-0.05, 0) is 47.5 Å². The molecule has 3 aromatic rings. The zero-order valence-electron chi connectivity index (χ0n) is 16.3. The normalized spacial score (nSPS) is 12.0. The Morgan fingerprint density at radius 2 is 1.43 bits per heavy atom. The van der Waals surface area contributed by atoms with Gasteiger partial charge in [0, 0.05) is 27.6 Å². The first-order valence-corrected chi connectivity index (χ1v) is 11.8. The molecule has 0 spiro atoms. The molecule has 30 heavy (non-hydrogen) atoms. The van der Waals surface area contributed by atoms with E-state index in [2.05, 4.69) is 0 Å². The predicted molar refractivity (Wildman–Crippen MR) is 115 cm³/mol. The minimum absolute atomic E-state index is 0. The average Bonchev–Trinajstić information content (AvgIpc) is 2.72. The van der Waals surface area contributed by atoms with Crippen LogP contribution in [0.25, 0.3) is 11.1 Å². The zero-order chi connectivity index (χ0) is 20.9. The van der Waals surface area contributed by atoms with E-state index >= 15 is 0 Å². The summed E-state index contributed by atoms with van der Waals surface area (Å²) in [6, 6.07) is 22.8. The van der Waals surface area contributed by atoms with E-state index in [0.717, 1.165) is 16.0 Å². The van der Waals surface area contributed by atoms with Crippen LogP contribution >= 0.6 is 23.4 Å².